The largest absolute Gasteiger partial charge is 0.476 e. The Labute approximate surface area is 138 Å². The van der Waals surface area contributed by atoms with Crippen molar-refractivity contribution in [3.8, 4) is 11.3 Å². The highest BCUT2D eigenvalue weighted by molar-refractivity contribution is 5.94. The van der Waals surface area contributed by atoms with E-state index in [1.807, 2.05) is 0 Å². The molecule has 0 amide bonds. The predicted octanol–water partition coefficient (Wildman–Crippen LogP) is 3.05. The van der Waals surface area contributed by atoms with E-state index in [2.05, 4.69) is 15.1 Å². The van der Waals surface area contributed by atoms with E-state index in [1.54, 1.807) is 0 Å². The molecule has 1 aromatic carbocycles. The van der Waals surface area contributed by atoms with Crippen LogP contribution in [0.4, 0.5) is 13.2 Å². The van der Waals surface area contributed by atoms with Crippen molar-refractivity contribution in [3.63, 3.8) is 0 Å². The molecule has 126 valence electrons. The molecular formula is C16H9F3N4O2. The van der Waals surface area contributed by atoms with Crippen molar-refractivity contribution in [3.05, 3.63) is 52.8 Å². The lowest BCUT2D eigenvalue weighted by atomic mass is 9.97. The van der Waals surface area contributed by atoms with Gasteiger partial charge in [-0.05, 0) is 29.8 Å². The molecule has 0 saturated heterocycles. The van der Waals surface area contributed by atoms with Crippen molar-refractivity contribution in [2.45, 2.75) is 12.7 Å². The number of hydrogen-bond acceptors (Lipinski definition) is 4. The average molecular weight is 346 g/mol. The SMILES string of the molecule is O=C(O)c1ccc2ncc(-c3cc(C(F)(F)F)cc4c3C=NC4)n2n1. The van der Waals surface area contributed by atoms with Gasteiger partial charge < -0.3 is 5.11 Å². The summed E-state index contributed by atoms with van der Waals surface area (Å²) in [5, 5.41) is 13.0. The molecule has 0 fully saturated rings. The highest BCUT2D eigenvalue weighted by Crippen LogP contribution is 2.37. The summed E-state index contributed by atoms with van der Waals surface area (Å²) in [7, 11) is 0. The number of aromatic carboxylic acids is 1. The monoisotopic (exact) mass is 346 g/mol. The van der Waals surface area contributed by atoms with Crippen LogP contribution in [-0.2, 0) is 12.7 Å². The number of halogens is 3. The molecule has 0 spiro atoms. The molecule has 25 heavy (non-hydrogen) atoms. The number of aromatic nitrogens is 3. The molecule has 1 aliphatic rings. The molecule has 0 bridgehead atoms. The van der Waals surface area contributed by atoms with Crippen molar-refractivity contribution >= 4 is 17.8 Å². The molecule has 1 aliphatic heterocycles. The fourth-order valence-corrected chi connectivity index (χ4v) is 2.78. The average Bonchev–Trinajstić information content (AvgIpc) is 3.19. The maximum Gasteiger partial charge on any atom is 0.416 e. The van der Waals surface area contributed by atoms with Gasteiger partial charge in [0.2, 0.25) is 0 Å². The Kier molecular flexibility index (Phi) is 3.14. The van der Waals surface area contributed by atoms with Gasteiger partial charge in [0.05, 0.1) is 24.0 Å². The quantitative estimate of drug-likeness (QED) is 0.773. The Hall–Kier alpha value is -3.23. The topological polar surface area (TPSA) is 79.8 Å². The fourth-order valence-electron chi connectivity index (χ4n) is 2.78. The van der Waals surface area contributed by atoms with Crippen molar-refractivity contribution in [2.75, 3.05) is 0 Å². The number of imidazole rings is 1. The van der Waals surface area contributed by atoms with Crippen LogP contribution in [0.2, 0.25) is 0 Å². The summed E-state index contributed by atoms with van der Waals surface area (Å²) < 4.78 is 40.8. The molecule has 3 aromatic rings. The zero-order valence-corrected chi connectivity index (χ0v) is 12.4. The van der Waals surface area contributed by atoms with Crippen LogP contribution in [0.3, 0.4) is 0 Å². The van der Waals surface area contributed by atoms with Crippen LogP contribution in [0.25, 0.3) is 16.9 Å². The zero-order chi connectivity index (χ0) is 17.8. The number of hydrogen-bond donors (Lipinski definition) is 1. The van der Waals surface area contributed by atoms with Gasteiger partial charge >= 0.3 is 12.1 Å². The van der Waals surface area contributed by atoms with E-state index >= 15 is 0 Å². The summed E-state index contributed by atoms with van der Waals surface area (Å²) in [5.74, 6) is -1.24. The second kappa shape index (κ2) is 5.13. The van der Waals surface area contributed by atoms with E-state index in [9.17, 15) is 18.0 Å². The van der Waals surface area contributed by atoms with Crippen LogP contribution >= 0.6 is 0 Å². The van der Waals surface area contributed by atoms with Crippen molar-refractivity contribution in [1.82, 2.24) is 14.6 Å². The number of carboxylic acids is 1. The molecule has 3 heterocycles. The van der Waals surface area contributed by atoms with Crippen LogP contribution in [0, 0.1) is 0 Å². The molecule has 6 nitrogen and oxygen atoms in total. The molecule has 9 heteroatoms. The van der Waals surface area contributed by atoms with Crippen LogP contribution in [0.5, 0.6) is 0 Å². The minimum Gasteiger partial charge on any atom is -0.476 e. The summed E-state index contributed by atoms with van der Waals surface area (Å²) in [6.07, 6.45) is -1.63. The minimum atomic E-state index is -4.51. The first-order valence-corrected chi connectivity index (χ1v) is 7.17. The summed E-state index contributed by atoms with van der Waals surface area (Å²) >= 11 is 0. The number of benzene rings is 1. The zero-order valence-electron chi connectivity index (χ0n) is 12.4. The van der Waals surface area contributed by atoms with Crippen LogP contribution in [0.1, 0.15) is 27.2 Å². The first-order chi connectivity index (χ1) is 11.8. The van der Waals surface area contributed by atoms with Gasteiger partial charge in [0, 0.05) is 17.3 Å². The lowest BCUT2D eigenvalue weighted by molar-refractivity contribution is -0.137. The molecule has 0 atom stereocenters. The lowest BCUT2D eigenvalue weighted by Gasteiger charge is -2.13. The van der Waals surface area contributed by atoms with E-state index in [0.717, 1.165) is 12.1 Å². The van der Waals surface area contributed by atoms with Gasteiger partial charge in [-0.15, -0.1) is 0 Å². The number of carbonyl (C=O) groups is 1. The fraction of sp³-hybridized carbons (Fsp3) is 0.125. The standard InChI is InChI=1S/C16H9F3N4O2/c17-16(18,19)9-3-8-5-20-6-11(8)10(4-9)13-7-21-14-2-1-12(15(24)25)22-23(13)14/h1-4,6-7H,5H2,(H,24,25). The maximum atomic E-state index is 13.2. The maximum absolute atomic E-state index is 13.2. The number of fused-ring (bicyclic) bond motifs is 2. The summed E-state index contributed by atoms with van der Waals surface area (Å²) in [6, 6.07) is 4.81. The number of nitrogens with zero attached hydrogens (tertiary/aromatic N) is 4. The third-order valence-corrected chi connectivity index (χ3v) is 3.93. The number of carboxylic acid groups (broad SMARTS) is 1. The van der Waals surface area contributed by atoms with Gasteiger partial charge in [-0.3, -0.25) is 4.99 Å². The lowest BCUT2D eigenvalue weighted by Crippen LogP contribution is -2.09. The van der Waals surface area contributed by atoms with E-state index < -0.39 is 17.7 Å². The van der Waals surface area contributed by atoms with Gasteiger partial charge in [0.25, 0.3) is 0 Å². The Morgan fingerprint density at radius 2 is 2.04 bits per heavy atom. The van der Waals surface area contributed by atoms with E-state index in [0.29, 0.717) is 16.8 Å². The van der Waals surface area contributed by atoms with Gasteiger partial charge in [0.1, 0.15) is 0 Å². The molecular weight excluding hydrogens is 337 g/mol. The first kappa shape index (κ1) is 15.3. The van der Waals surface area contributed by atoms with Gasteiger partial charge in [-0.25, -0.2) is 14.3 Å². The van der Waals surface area contributed by atoms with E-state index in [-0.39, 0.29) is 23.5 Å². The second-order valence-electron chi connectivity index (χ2n) is 5.50. The highest BCUT2D eigenvalue weighted by atomic mass is 19.4. The molecule has 0 saturated carbocycles. The van der Waals surface area contributed by atoms with E-state index in [4.69, 9.17) is 5.11 Å². The Balaban J connectivity index is 2.00. The first-order valence-electron chi connectivity index (χ1n) is 7.17. The van der Waals surface area contributed by atoms with Crippen molar-refractivity contribution in [2.24, 2.45) is 4.99 Å². The Morgan fingerprint density at radius 3 is 2.76 bits per heavy atom. The van der Waals surface area contributed by atoms with Crippen LogP contribution < -0.4 is 0 Å². The molecule has 2 aromatic heterocycles. The van der Waals surface area contributed by atoms with Gasteiger partial charge in [0.15, 0.2) is 11.3 Å². The highest BCUT2D eigenvalue weighted by Gasteiger charge is 2.33. The third-order valence-electron chi connectivity index (χ3n) is 3.93. The molecule has 1 N–H and O–H groups in total. The van der Waals surface area contributed by atoms with Gasteiger partial charge in [-0.1, -0.05) is 0 Å². The Bertz CT molecular complexity index is 1050. The third kappa shape index (κ3) is 2.44. The summed E-state index contributed by atoms with van der Waals surface area (Å²) in [5.41, 5.74) is 0.843. The molecule has 0 unspecified atom stereocenters. The second-order valence-corrected chi connectivity index (χ2v) is 5.50. The normalized spacial score (nSPS) is 13.4. The predicted molar refractivity (Wildman–Crippen MR) is 81.7 cm³/mol. The number of rotatable bonds is 2. The smallest absolute Gasteiger partial charge is 0.416 e. The molecule has 0 aliphatic carbocycles. The number of alkyl halides is 3. The summed E-state index contributed by atoms with van der Waals surface area (Å²) in [6.45, 7) is 0.163. The van der Waals surface area contributed by atoms with Crippen molar-refractivity contribution < 1.29 is 23.1 Å². The van der Waals surface area contributed by atoms with Crippen molar-refractivity contribution in [1.29, 1.82) is 0 Å². The molecule has 0 radical (unpaired) electrons. The van der Waals surface area contributed by atoms with E-state index in [1.165, 1.54) is 29.1 Å². The number of aliphatic imine (C=N–C) groups is 1. The summed E-state index contributed by atoms with van der Waals surface area (Å²) in [4.78, 5) is 19.2. The van der Waals surface area contributed by atoms with Crippen LogP contribution in [-0.4, -0.2) is 31.9 Å². The molecule has 4 rings (SSSR count). The van der Waals surface area contributed by atoms with Crippen LogP contribution in [0.15, 0.2) is 35.5 Å². The van der Waals surface area contributed by atoms with Gasteiger partial charge in [-0.2, -0.15) is 18.3 Å². The Morgan fingerprint density at radius 1 is 1.24 bits per heavy atom. The minimum absolute atomic E-state index is 0.163.